The van der Waals surface area contributed by atoms with E-state index >= 15 is 0 Å². The molecule has 0 aliphatic carbocycles. The molecule has 1 N–H and O–H groups in total. The van der Waals surface area contributed by atoms with Gasteiger partial charge in [0, 0.05) is 17.5 Å². The summed E-state index contributed by atoms with van der Waals surface area (Å²) in [6.45, 7) is 8.59. The Balaban J connectivity index is 2.20. The lowest BCUT2D eigenvalue weighted by Gasteiger charge is -2.29. The first kappa shape index (κ1) is 16.0. The van der Waals surface area contributed by atoms with Gasteiger partial charge < -0.3 is 10.2 Å². The van der Waals surface area contributed by atoms with E-state index in [-0.39, 0.29) is 11.9 Å². The van der Waals surface area contributed by atoms with Crippen molar-refractivity contribution in [2.45, 2.75) is 39.9 Å². The third kappa shape index (κ3) is 4.29. The van der Waals surface area contributed by atoms with Crippen molar-refractivity contribution in [2.24, 2.45) is 0 Å². The largest absolute Gasteiger partial charge is 0.362 e. The second kappa shape index (κ2) is 7.57. The summed E-state index contributed by atoms with van der Waals surface area (Å²) in [5.41, 5.74) is 1.66. The van der Waals surface area contributed by atoms with Crippen LogP contribution in [0.3, 0.4) is 0 Å². The lowest BCUT2D eigenvalue weighted by Crippen LogP contribution is -2.30. The van der Waals surface area contributed by atoms with Crippen LogP contribution in [0.4, 0.5) is 10.1 Å². The van der Waals surface area contributed by atoms with E-state index in [1.54, 1.807) is 17.4 Å². The van der Waals surface area contributed by atoms with Crippen LogP contribution in [-0.2, 0) is 13.1 Å². The average molecular weight is 306 g/mol. The van der Waals surface area contributed by atoms with Crippen LogP contribution in [0, 0.1) is 5.82 Å². The molecule has 1 aromatic carbocycles. The number of nitrogens with one attached hydrogen (secondary N) is 1. The van der Waals surface area contributed by atoms with Gasteiger partial charge in [-0.05, 0) is 49.5 Å². The first-order valence-corrected chi connectivity index (χ1v) is 8.28. The van der Waals surface area contributed by atoms with Crippen LogP contribution in [0.15, 0.2) is 35.7 Å². The van der Waals surface area contributed by atoms with Crippen LogP contribution in [0.2, 0.25) is 0 Å². The maximum atomic E-state index is 14.5. The van der Waals surface area contributed by atoms with Gasteiger partial charge in [-0.1, -0.05) is 19.1 Å². The monoisotopic (exact) mass is 306 g/mol. The molecule has 0 spiro atoms. The van der Waals surface area contributed by atoms with Crippen LogP contribution < -0.4 is 10.2 Å². The Bertz CT molecular complexity index is 552. The Morgan fingerprint density at radius 1 is 1.29 bits per heavy atom. The molecule has 1 heterocycles. The van der Waals surface area contributed by atoms with E-state index in [0.29, 0.717) is 12.2 Å². The molecule has 0 aliphatic heterocycles. The number of rotatable bonds is 7. The van der Waals surface area contributed by atoms with Gasteiger partial charge >= 0.3 is 0 Å². The molecule has 1 aromatic heterocycles. The molecule has 2 nitrogen and oxygen atoms in total. The summed E-state index contributed by atoms with van der Waals surface area (Å²) in [5.74, 6) is -0.143. The predicted octanol–water partition coefficient (Wildman–Crippen LogP) is 4.41. The van der Waals surface area contributed by atoms with Crippen LogP contribution in [0.5, 0.6) is 0 Å². The highest BCUT2D eigenvalue weighted by molar-refractivity contribution is 7.09. The van der Waals surface area contributed by atoms with Gasteiger partial charge in [-0.15, -0.1) is 11.3 Å². The van der Waals surface area contributed by atoms with Gasteiger partial charge in [0.2, 0.25) is 0 Å². The van der Waals surface area contributed by atoms with Crippen molar-refractivity contribution in [1.29, 1.82) is 0 Å². The van der Waals surface area contributed by atoms with Crippen molar-refractivity contribution in [3.05, 3.63) is 52.0 Å². The molecular formula is C17H23FN2S. The topological polar surface area (TPSA) is 15.3 Å². The average Bonchev–Trinajstić information content (AvgIpc) is 2.96. The van der Waals surface area contributed by atoms with Gasteiger partial charge in [0.25, 0.3) is 0 Å². The Kier molecular flexibility index (Phi) is 5.76. The van der Waals surface area contributed by atoms with Crippen LogP contribution in [-0.4, -0.2) is 12.6 Å². The summed E-state index contributed by atoms with van der Waals surface area (Å²) >= 11 is 1.71. The zero-order chi connectivity index (χ0) is 15.2. The van der Waals surface area contributed by atoms with Gasteiger partial charge in [0.05, 0.1) is 12.2 Å². The molecule has 0 atom stereocenters. The molecule has 0 saturated heterocycles. The minimum absolute atomic E-state index is 0.143. The number of thiophene rings is 1. The van der Waals surface area contributed by atoms with Crippen molar-refractivity contribution in [2.75, 3.05) is 11.4 Å². The molecule has 0 fully saturated rings. The van der Waals surface area contributed by atoms with E-state index in [4.69, 9.17) is 0 Å². The molecule has 21 heavy (non-hydrogen) atoms. The zero-order valence-corrected chi connectivity index (χ0v) is 13.7. The molecule has 0 aliphatic rings. The highest BCUT2D eigenvalue weighted by Gasteiger charge is 2.16. The van der Waals surface area contributed by atoms with Crippen LogP contribution in [0.1, 0.15) is 31.2 Å². The second-order valence-electron chi connectivity index (χ2n) is 5.37. The normalized spacial score (nSPS) is 11.1. The molecule has 0 saturated carbocycles. The summed E-state index contributed by atoms with van der Waals surface area (Å²) < 4.78 is 14.5. The van der Waals surface area contributed by atoms with Crippen molar-refractivity contribution >= 4 is 17.0 Å². The Morgan fingerprint density at radius 2 is 2.10 bits per heavy atom. The van der Waals surface area contributed by atoms with Crippen molar-refractivity contribution in [3.8, 4) is 0 Å². The first-order valence-electron chi connectivity index (χ1n) is 7.40. The zero-order valence-electron chi connectivity index (χ0n) is 12.9. The van der Waals surface area contributed by atoms with E-state index in [1.807, 2.05) is 25.1 Å². The fraction of sp³-hybridized carbons (Fsp3) is 0.412. The highest BCUT2D eigenvalue weighted by Crippen LogP contribution is 2.26. The molecule has 0 amide bonds. The lowest BCUT2D eigenvalue weighted by molar-refractivity contribution is 0.596. The molecule has 4 heteroatoms. The first-order chi connectivity index (χ1) is 10.1. The van der Waals surface area contributed by atoms with Gasteiger partial charge in [0.1, 0.15) is 5.82 Å². The summed E-state index contributed by atoms with van der Waals surface area (Å²) in [6, 6.07) is 9.93. The minimum Gasteiger partial charge on any atom is -0.362 e. The van der Waals surface area contributed by atoms with E-state index in [9.17, 15) is 4.39 Å². The lowest BCUT2D eigenvalue weighted by atomic mass is 10.1. The standard InChI is InChI=1S/C17H23FN2S/c1-4-19-11-14-7-8-17(16(18)10-14)20(13(2)3)12-15-6-5-9-21-15/h5-10,13,19H,4,11-12H2,1-3H3. The van der Waals surface area contributed by atoms with E-state index < -0.39 is 0 Å². The van der Waals surface area contributed by atoms with E-state index in [0.717, 1.165) is 18.7 Å². The Labute approximate surface area is 130 Å². The molecule has 0 radical (unpaired) electrons. The highest BCUT2D eigenvalue weighted by atomic mass is 32.1. The maximum absolute atomic E-state index is 14.5. The summed E-state index contributed by atoms with van der Waals surface area (Å²) in [4.78, 5) is 3.36. The Hall–Kier alpha value is -1.39. The summed E-state index contributed by atoms with van der Waals surface area (Å²) in [6.07, 6.45) is 0. The minimum atomic E-state index is -0.143. The number of halogens is 1. The number of nitrogens with zero attached hydrogens (tertiary/aromatic N) is 1. The van der Waals surface area contributed by atoms with Crippen molar-refractivity contribution < 1.29 is 4.39 Å². The quantitative estimate of drug-likeness (QED) is 0.815. The van der Waals surface area contributed by atoms with E-state index in [1.165, 1.54) is 4.88 Å². The number of hydrogen-bond donors (Lipinski definition) is 1. The van der Waals surface area contributed by atoms with Gasteiger partial charge in [0.15, 0.2) is 0 Å². The van der Waals surface area contributed by atoms with Crippen molar-refractivity contribution in [3.63, 3.8) is 0 Å². The number of anilines is 1. The van der Waals surface area contributed by atoms with Gasteiger partial charge in [-0.3, -0.25) is 0 Å². The Morgan fingerprint density at radius 3 is 2.67 bits per heavy atom. The van der Waals surface area contributed by atoms with Gasteiger partial charge in [-0.2, -0.15) is 0 Å². The number of benzene rings is 1. The van der Waals surface area contributed by atoms with Crippen LogP contribution >= 0.6 is 11.3 Å². The molecule has 0 unspecified atom stereocenters. The fourth-order valence-corrected chi connectivity index (χ4v) is 2.98. The predicted molar refractivity (Wildman–Crippen MR) is 89.4 cm³/mol. The molecule has 114 valence electrons. The SMILES string of the molecule is CCNCc1ccc(N(Cc2cccs2)C(C)C)c(F)c1. The van der Waals surface area contributed by atoms with Gasteiger partial charge in [-0.25, -0.2) is 4.39 Å². The third-order valence-electron chi connectivity index (χ3n) is 3.43. The smallest absolute Gasteiger partial charge is 0.146 e. The summed E-state index contributed by atoms with van der Waals surface area (Å²) in [7, 11) is 0. The summed E-state index contributed by atoms with van der Waals surface area (Å²) in [5, 5.41) is 5.28. The molecule has 2 aromatic rings. The van der Waals surface area contributed by atoms with E-state index in [2.05, 4.69) is 35.5 Å². The maximum Gasteiger partial charge on any atom is 0.146 e. The molecular weight excluding hydrogens is 283 g/mol. The molecule has 2 rings (SSSR count). The fourth-order valence-electron chi connectivity index (χ4n) is 2.28. The second-order valence-corrected chi connectivity index (χ2v) is 6.40. The number of hydrogen-bond acceptors (Lipinski definition) is 3. The molecule has 0 bridgehead atoms. The third-order valence-corrected chi connectivity index (χ3v) is 4.29. The van der Waals surface area contributed by atoms with Crippen LogP contribution in [0.25, 0.3) is 0 Å². The van der Waals surface area contributed by atoms with Crippen molar-refractivity contribution in [1.82, 2.24) is 5.32 Å².